The predicted molar refractivity (Wildman–Crippen MR) is 136 cm³/mol. The lowest BCUT2D eigenvalue weighted by Crippen LogP contribution is -2.35. The molecule has 3 aromatic rings. The van der Waals surface area contributed by atoms with Crippen LogP contribution in [0.3, 0.4) is 0 Å². The van der Waals surface area contributed by atoms with Crippen LogP contribution >= 0.6 is 0 Å². The number of nitriles is 1. The number of hydrogen-bond donors (Lipinski definition) is 2. The van der Waals surface area contributed by atoms with Gasteiger partial charge in [0.2, 0.25) is 0 Å². The normalized spacial score (nSPS) is 14.7. The van der Waals surface area contributed by atoms with Crippen LogP contribution in [0.15, 0.2) is 35.1 Å². The first-order chi connectivity index (χ1) is 16.9. The molecule has 8 heteroatoms. The molecule has 1 fully saturated rings. The van der Waals surface area contributed by atoms with Crippen LogP contribution in [0.1, 0.15) is 46.6 Å². The van der Waals surface area contributed by atoms with Gasteiger partial charge in [0.1, 0.15) is 5.75 Å². The molecule has 0 unspecified atom stereocenters. The number of aromatic nitrogens is 2. The molecule has 1 saturated heterocycles. The van der Waals surface area contributed by atoms with Crippen LogP contribution in [0.2, 0.25) is 0 Å². The average molecular weight is 476 g/mol. The third-order valence-corrected chi connectivity index (χ3v) is 7.02. The Labute approximate surface area is 205 Å². The Balaban J connectivity index is 1.54. The van der Waals surface area contributed by atoms with Crippen molar-refractivity contribution in [1.82, 2.24) is 19.8 Å². The topological polar surface area (TPSA) is 103 Å². The molecule has 0 spiro atoms. The van der Waals surface area contributed by atoms with Crippen LogP contribution in [-0.2, 0) is 13.1 Å². The summed E-state index contributed by atoms with van der Waals surface area (Å²) in [6.07, 6.45) is 2.73. The van der Waals surface area contributed by atoms with E-state index in [1.54, 1.807) is 13.0 Å². The Bertz CT molecular complexity index is 1310. The van der Waals surface area contributed by atoms with Crippen LogP contribution in [0.25, 0.3) is 10.9 Å². The predicted octanol–water partition coefficient (Wildman–Crippen LogP) is 3.51. The molecule has 0 atom stereocenters. The van der Waals surface area contributed by atoms with Gasteiger partial charge in [-0.3, -0.25) is 9.59 Å². The average Bonchev–Trinajstić information content (AvgIpc) is 3.13. The fourth-order valence-electron chi connectivity index (χ4n) is 5.10. The first kappa shape index (κ1) is 24.6. The number of rotatable bonds is 8. The number of nitrogens with zero attached hydrogens (tertiary/aromatic N) is 3. The third kappa shape index (κ3) is 5.25. The van der Waals surface area contributed by atoms with E-state index >= 15 is 0 Å². The number of likely N-dealkylation sites (tertiary alicyclic amines) is 1. The van der Waals surface area contributed by atoms with E-state index in [1.807, 2.05) is 25.1 Å². The molecule has 0 aliphatic carbocycles. The smallest absolute Gasteiger partial charge is 0.256 e. The van der Waals surface area contributed by atoms with Crippen molar-refractivity contribution in [3.63, 3.8) is 0 Å². The quantitative estimate of drug-likeness (QED) is 0.519. The Kier molecular flexibility index (Phi) is 7.57. The van der Waals surface area contributed by atoms with Gasteiger partial charge < -0.3 is 24.5 Å². The van der Waals surface area contributed by atoms with E-state index in [9.17, 15) is 9.59 Å². The molecule has 2 aromatic heterocycles. The van der Waals surface area contributed by atoms with E-state index in [2.05, 4.69) is 31.9 Å². The zero-order valence-corrected chi connectivity index (χ0v) is 20.7. The summed E-state index contributed by atoms with van der Waals surface area (Å²) < 4.78 is 7.63. The molecule has 1 amide bonds. The number of aromatic amines is 1. The zero-order valence-electron chi connectivity index (χ0n) is 20.7. The number of methoxy groups -OCH3 is 1. The number of aryl methyl sites for hydroxylation is 1. The van der Waals surface area contributed by atoms with Crippen molar-refractivity contribution < 1.29 is 9.53 Å². The Morgan fingerprint density at radius 2 is 2.00 bits per heavy atom. The number of H-pyrrole nitrogens is 1. The zero-order chi connectivity index (χ0) is 24.9. The van der Waals surface area contributed by atoms with Crippen molar-refractivity contribution in [2.45, 2.75) is 46.2 Å². The summed E-state index contributed by atoms with van der Waals surface area (Å²) in [5.74, 6) is 0.784. The number of carbonyl (C=O) groups excluding carboxylic acids is 1. The number of pyridine rings is 1. The van der Waals surface area contributed by atoms with E-state index in [4.69, 9.17) is 10.00 Å². The third-order valence-electron chi connectivity index (χ3n) is 7.02. The number of nitrogens with one attached hydrogen (secondary N) is 2. The summed E-state index contributed by atoms with van der Waals surface area (Å²) >= 11 is 0. The molecule has 0 bridgehead atoms. The van der Waals surface area contributed by atoms with Gasteiger partial charge in [0.25, 0.3) is 11.5 Å². The number of ether oxygens (including phenoxy) is 1. The molecule has 0 saturated carbocycles. The van der Waals surface area contributed by atoms with Gasteiger partial charge in [0.05, 0.1) is 30.9 Å². The Hall–Kier alpha value is -3.57. The fourth-order valence-corrected chi connectivity index (χ4v) is 5.10. The minimum absolute atomic E-state index is 0.0811. The van der Waals surface area contributed by atoms with Crippen LogP contribution < -0.4 is 15.6 Å². The molecular weight excluding hydrogens is 442 g/mol. The monoisotopic (exact) mass is 475 g/mol. The van der Waals surface area contributed by atoms with Crippen LogP contribution in [-0.4, -0.2) is 47.1 Å². The molecule has 1 aliphatic heterocycles. The number of carbonyl (C=O) groups is 1. The van der Waals surface area contributed by atoms with E-state index in [1.165, 1.54) is 7.11 Å². The minimum atomic E-state index is -0.262. The molecular formula is C27H33N5O3. The van der Waals surface area contributed by atoms with Gasteiger partial charge in [-0.1, -0.05) is 18.2 Å². The summed E-state index contributed by atoms with van der Waals surface area (Å²) in [5.41, 5.74) is 3.47. The number of hydrogen-bond acceptors (Lipinski definition) is 5. The molecule has 2 N–H and O–H groups in total. The number of para-hydroxylation sites is 1. The van der Waals surface area contributed by atoms with E-state index < -0.39 is 0 Å². The van der Waals surface area contributed by atoms with E-state index in [0.29, 0.717) is 34.9 Å². The van der Waals surface area contributed by atoms with Crippen molar-refractivity contribution >= 4 is 16.8 Å². The van der Waals surface area contributed by atoms with Crippen molar-refractivity contribution in [2.24, 2.45) is 5.92 Å². The van der Waals surface area contributed by atoms with Crippen molar-refractivity contribution in [3.05, 3.63) is 63.2 Å². The van der Waals surface area contributed by atoms with Gasteiger partial charge >= 0.3 is 0 Å². The summed E-state index contributed by atoms with van der Waals surface area (Å²) in [5, 5.41) is 12.7. The molecule has 184 valence electrons. The number of fused-ring (bicyclic) bond motifs is 1. The van der Waals surface area contributed by atoms with Gasteiger partial charge in [-0.15, -0.1) is 0 Å². The first-order valence-corrected chi connectivity index (χ1v) is 12.1. The highest BCUT2D eigenvalue weighted by atomic mass is 16.5. The van der Waals surface area contributed by atoms with Gasteiger partial charge in [0, 0.05) is 41.8 Å². The minimum Gasteiger partial charge on any atom is -0.496 e. The largest absolute Gasteiger partial charge is 0.496 e. The van der Waals surface area contributed by atoms with Crippen LogP contribution in [0, 0.1) is 31.1 Å². The maximum absolute atomic E-state index is 13.4. The highest BCUT2D eigenvalue weighted by Crippen LogP contribution is 2.29. The lowest BCUT2D eigenvalue weighted by molar-refractivity contribution is 0.0951. The van der Waals surface area contributed by atoms with Gasteiger partial charge in [0.15, 0.2) is 0 Å². The Morgan fingerprint density at radius 3 is 2.71 bits per heavy atom. The van der Waals surface area contributed by atoms with Crippen molar-refractivity contribution in [3.8, 4) is 11.8 Å². The number of benzene rings is 1. The molecule has 3 heterocycles. The van der Waals surface area contributed by atoms with Gasteiger partial charge in [-0.05, 0) is 57.8 Å². The molecule has 8 nitrogen and oxygen atoms in total. The van der Waals surface area contributed by atoms with Crippen molar-refractivity contribution in [2.75, 3.05) is 26.7 Å². The number of piperidine rings is 1. The van der Waals surface area contributed by atoms with E-state index in [0.717, 1.165) is 55.6 Å². The number of amides is 1. The van der Waals surface area contributed by atoms with Crippen molar-refractivity contribution in [1.29, 1.82) is 5.26 Å². The van der Waals surface area contributed by atoms with Gasteiger partial charge in [-0.2, -0.15) is 5.26 Å². The van der Waals surface area contributed by atoms with Crippen LogP contribution in [0.5, 0.6) is 5.75 Å². The molecule has 4 rings (SSSR count). The first-order valence-electron chi connectivity index (χ1n) is 12.1. The maximum atomic E-state index is 13.4. The Morgan fingerprint density at radius 1 is 1.26 bits per heavy atom. The summed E-state index contributed by atoms with van der Waals surface area (Å²) in [6, 6.07) is 12.0. The maximum Gasteiger partial charge on any atom is 0.256 e. The molecule has 35 heavy (non-hydrogen) atoms. The second-order valence-electron chi connectivity index (χ2n) is 9.29. The molecule has 1 aromatic carbocycles. The lowest BCUT2D eigenvalue weighted by atomic mass is 9.96. The summed E-state index contributed by atoms with van der Waals surface area (Å²) in [7, 11) is 1.52. The second-order valence-corrected chi connectivity index (χ2v) is 9.29. The highest BCUT2D eigenvalue weighted by Gasteiger charge is 2.24. The summed E-state index contributed by atoms with van der Waals surface area (Å²) in [6.45, 7) is 7.58. The summed E-state index contributed by atoms with van der Waals surface area (Å²) in [4.78, 5) is 30.9. The molecule has 0 radical (unpaired) electrons. The second kappa shape index (κ2) is 10.8. The van der Waals surface area contributed by atoms with Crippen LogP contribution in [0.4, 0.5) is 0 Å². The SMILES string of the molecule is COc1cc(C)[nH]c(=O)c1CNC(=O)c1c(C)n(CC2CCN(CCC#N)CC2)c2ccccc12. The fraction of sp³-hybridized carbons (Fsp3) is 0.444. The van der Waals surface area contributed by atoms with Gasteiger partial charge in [-0.25, -0.2) is 0 Å². The van der Waals surface area contributed by atoms with E-state index in [-0.39, 0.29) is 18.0 Å². The lowest BCUT2D eigenvalue weighted by Gasteiger charge is -2.32. The standard InChI is InChI=1S/C27H33N5O3/c1-18-15-24(35-3)22(26(33)30-18)16-29-27(34)25-19(2)32(23-8-5-4-7-21(23)25)17-20-9-13-31(14-10-20)12-6-11-28/h4-5,7-8,15,20H,6,9-10,12-14,16-17H2,1-3H3,(H,29,34)(H,30,33). The molecule has 1 aliphatic rings. The highest BCUT2D eigenvalue weighted by molar-refractivity contribution is 6.08.